The van der Waals surface area contributed by atoms with Gasteiger partial charge in [-0.2, -0.15) is 0 Å². The van der Waals surface area contributed by atoms with Crippen LogP contribution in [0.5, 0.6) is 0 Å². The first-order valence-corrected chi connectivity index (χ1v) is 9.17. The molecule has 28 heavy (non-hydrogen) atoms. The van der Waals surface area contributed by atoms with Crippen molar-refractivity contribution in [3.63, 3.8) is 0 Å². The molecule has 0 saturated carbocycles. The number of rotatable bonds is 6. The molecule has 1 heterocycles. The minimum atomic E-state index is -0.371. The standard InChI is InChI=1S/C21H22FN3O3/c1-14(15-4-8-17(22)9-5-15)24-19(26)13-23-21(28)16-6-10-18(11-7-16)25-12-2-3-20(25)27/h4-11,14H,2-3,12-13H2,1H3,(H,23,28)(H,24,26). The topological polar surface area (TPSA) is 78.5 Å². The van der Waals surface area contributed by atoms with E-state index in [2.05, 4.69) is 10.6 Å². The molecule has 6 nitrogen and oxygen atoms in total. The van der Waals surface area contributed by atoms with E-state index in [-0.39, 0.29) is 36.1 Å². The lowest BCUT2D eigenvalue weighted by Crippen LogP contribution is -2.38. The normalized spacial score (nSPS) is 14.6. The zero-order valence-corrected chi connectivity index (χ0v) is 15.6. The Labute approximate surface area is 162 Å². The first-order chi connectivity index (χ1) is 13.4. The lowest BCUT2D eigenvalue weighted by molar-refractivity contribution is -0.120. The number of anilines is 1. The van der Waals surface area contributed by atoms with Gasteiger partial charge in [0.1, 0.15) is 5.82 Å². The van der Waals surface area contributed by atoms with E-state index in [0.717, 1.165) is 17.7 Å². The van der Waals surface area contributed by atoms with Gasteiger partial charge in [-0.15, -0.1) is 0 Å². The summed E-state index contributed by atoms with van der Waals surface area (Å²) >= 11 is 0. The Bertz CT molecular complexity index is 865. The van der Waals surface area contributed by atoms with E-state index in [9.17, 15) is 18.8 Å². The van der Waals surface area contributed by atoms with Gasteiger partial charge in [-0.3, -0.25) is 14.4 Å². The molecule has 1 atom stereocenters. The Morgan fingerprint density at radius 3 is 2.39 bits per heavy atom. The largest absolute Gasteiger partial charge is 0.348 e. The second-order valence-electron chi connectivity index (χ2n) is 6.72. The van der Waals surface area contributed by atoms with Crippen LogP contribution in [-0.4, -0.2) is 30.8 Å². The maximum absolute atomic E-state index is 13.0. The van der Waals surface area contributed by atoms with Crippen molar-refractivity contribution in [3.05, 3.63) is 65.5 Å². The molecule has 2 aromatic rings. The smallest absolute Gasteiger partial charge is 0.251 e. The predicted octanol–water partition coefficient (Wildman–Crippen LogP) is 2.56. The van der Waals surface area contributed by atoms with E-state index >= 15 is 0 Å². The van der Waals surface area contributed by atoms with Gasteiger partial charge < -0.3 is 15.5 Å². The van der Waals surface area contributed by atoms with Crippen LogP contribution in [0, 0.1) is 5.82 Å². The molecule has 0 aromatic heterocycles. The molecular formula is C21H22FN3O3. The van der Waals surface area contributed by atoms with Gasteiger partial charge in [-0.25, -0.2) is 4.39 Å². The first kappa shape index (κ1) is 19.5. The summed E-state index contributed by atoms with van der Waals surface area (Å²) in [5, 5.41) is 5.32. The van der Waals surface area contributed by atoms with Gasteiger partial charge in [0.25, 0.3) is 5.91 Å². The molecule has 0 spiro atoms. The molecule has 1 aliphatic rings. The third kappa shape index (κ3) is 4.73. The molecule has 0 radical (unpaired) electrons. The van der Waals surface area contributed by atoms with Gasteiger partial charge in [0.2, 0.25) is 11.8 Å². The van der Waals surface area contributed by atoms with Crippen molar-refractivity contribution in [1.29, 1.82) is 0 Å². The van der Waals surface area contributed by atoms with E-state index in [1.807, 2.05) is 0 Å². The van der Waals surface area contributed by atoms with E-state index in [0.29, 0.717) is 18.5 Å². The van der Waals surface area contributed by atoms with Crippen molar-refractivity contribution in [2.75, 3.05) is 18.0 Å². The van der Waals surface area contributed by atoms with E-state index < -0.39 is 0 Å². The summed E-state index contributed by atoms with van der Waals surface area (Å²) in [6, 6.07) is 12.3. The van der Waals surface area contributed by atoms with Gasteiger partial charge in [0.05, 0.1) is 12.6 Å². The molecule has 146 valence electrons. The van der Waals surface area contributed by atoms with Crippen molar-refractivity contribution in [1.82, 2.24) is 10.6 Å². The Morgan fingerprint density at radius 1 is 1.11 bits per heavy atom. The van der Waals surface area contributed by atoms with Gasteiger partial charge in [-0.1, -0.05) is 12.1 Å². The minimum absolute atomic E-state index is 0.0872. The number of carbonyl (C=O) groups excluding carboxylic acids is 3. The zero-order chi connectivity index (χ0) is 20.1. The summed E-state index contributed by atoms with van der Waals surface area (Å²) in [5.41, 5.74) is 1.95. The lowest BCUT2D eigenvalue weighted by atomic mass is 10.1. The average molecular weight is 383 g/mol. The summed E-state index contributed by atoms with van der Waals surface area (Å²) in [5.74, 6) is -0.966. The monoisotopic (exact) mass is 383 g/mol. The molecule has 3 amide bonds. The number of halogens is 1. The number of nitrogens with zero attached hydrogens (tertiary/aromatic N) is 1. The van der Waals surface area contributed by atoms with E-state index in [1.165, 1.54) is 12.1 Å². The number of hydrogen-bond donors (Lipinski definition) is 2. The van der Waals surface area contributed by atoms with Crippen molar-refractivity contribution in [2.24, 2.45) is 0 Å². The molecule has 1 fully saturated rings. The molecule has 1 saturated heterocycles. The zero-order valence-electron chi connectivity index (χ0n) is 15.6. The first-order valence-electron chi connectivity index (χ1n) is 9.17. The van der Waals surface area contributed by atoms with Gasteiger partial charge >= 0.3 is 0 Å². The van der Waals surface area contributed by atoms with Crippen molar-refractivity contribution >= 4 is 23.4 Å². The summed E-state index contributed by atoms with van der Waals surface area (Å²) in [6.07, 6.45) is 1.39. The molecule has 1 aliphatic heterocycles. The molecule has 0 aliphatic carbocycles. The van der Waals surface area contributed by atoms with Crippen LogP contribution in [0.1, 0.15) is 41.7 Å². The summed E-state index contributed by atoms with van der Waals surface area (Å²) in [6.45, 7) is 2.30. The van der Waals surface area contributed by atoms with Crippen LogP contribution in [-0.2, 0) is 9.59 Å². The molecular weight excluding hydrogens is 361 g/mol. The fourth-order valence-corrected chi connectivity index (χ4v) is 3.10. The predicted molar refractivity (Wildman–Crippen MR) is 103 cm³/mol. The lowest BCUT2D eigenvalue weighted by Gasteiger charge is -2.16. The molecule has 1 unspecified atom stereocenters. The third-order valence-corrected chi connectivity index (χ3v) is 4.67. The van der Waals surface area contributed by atoms with Gasteiger partial charge in [0.15, 0.2) is 0 Å². The van der Waals surface area contributed by atoms with Gasteiger partial charge in [-0.05, 0) is 55.3 Å². The van der Waals surface area contributed by atoms with Crippen LogP contribution in [0.25, 0.3) is 0 Å². The highest BCUT2D eigenvalue weighted by Crippen LogP contribution is 2.21. The summed E-state index contributed by atoms with van der Waals surface area (Å²) < 4.78 is 13.0. The Kier molecular flexibility index (Phi) is 6.03. The second kappa shape index (κ2) is 8.65. The summed E-state index contributed by atoms with van der Waals surface area (Å²) in [7, 11) is 0. The SMILES string of the molecule is CC(NC(=O)CNC(=O)c1ccc(N2CCCC2=O)cc1)c1ccc(F)cc1. The highest BCUT2D eigenvalue weighted by molar-refractivity contribution is 5.98. The minimum Gasteiger partial charge on any atom is -0.348 e. The molecule has 3 rings (SSSR count). The number of nitrogens with one attached hydrogen (secondary N) is 2. The number of carbonyl (C=O) groups is 3. The van der Waals surface area contributed by atoms with Crippen LogP contribution >= 0.6 is 0 Å². The fraction of sp³-hybridized carbons (Fsp3) is 0.286. The number of hydrogen-bond acceptors (Lipinski definition) is 3. The van der Waals surface area contributed by atoms with Crippen LogP contribution in [0.2, 0.25) is 0 Å². The number of amides is 3. The van der Waals surface area contributed by atoms with Crippen LogP contribution in [0.15, 0.2) is 48.5 Å². The quantitative estimate of drug-likeness (QED) is 0.805. The van der Waals surface area contributed by atoms with Crippen LogP contribution in [0.3, 0.4) is 0 Å². The van der Waals surface area contributed by atoms with E-state index in [4.69, 9.17) is 0 Å². The highest BCUT2D eigenvalue weighted by Gasteiger charge is 2.21. The van der Waals surface area contributed by atoms with Crippen molar-refractivity contribution in [3.8, 4) is 0 Å². The summed E-state index contributed by atoms with van der Waals surface area (Å²) in [4.78, 5) is 37.7. The third-order valence-electron chi connectivity index (χ3n) is 4.67. The molecule has 2 aromatic carbocycles. The average Bonchev–Trinajstić information content (AvgIpc) is 3.12. The maximum Gasteiger partial charge on any atom is 0.251 e. The molecule has 2 N–H and O–H groups in total. The molecule has 0 bridgehead atoms. The Morgan fingerprint density at radius 2 is 1.79 bits per heavy atom. The molecule has 7 heteroatoms. The Hall–Kier alpha value is -3.22. The number of benzene rings is 2. The fourth-order valence-electron chi connectivity index (χ4n) is 3.10. The van der Waals surface area contributed by atoms with Gasteiger partial charge in [0, 0.05) is 24.2 Å². The second-order valence-corrected chi connectivity index (χ2v) is 6.72. The highest BCUT2D eigenvalue weighted by atomic mass is 19.1. The van der Waals surface area contributed by atoms with Crippen molar-refractivity contribution in [2.45, 2.75) is 25.8 Å². The van der Waals surface area contributed by atoms with Crippen molar-refractivity contribution < 1.29 is 18.8 Å². The van der Waals surface area contributed by atoms with Crippen LogP contribution in [0.4, 0.5) is 10.1 Å². The Balaban J connectivity index is 1.49. The van der Waals surface area contributed by atoms with E-state index in [1.54, 1.807) is 48.2 Å². The van der Waals surface area contributed by atoms with Crippen LogP contribution < -0.4 is 15.5 Å². The maximum atomic E-state index is 13.0.